The summed E-state index contributed by atoms with van der Waals surface area (Å²) < 4.78 is 5.27. The molecule has 0 spiro atoms. The molecule has 1 atom stereocenters. The van der Waals surface area contributed by atoms with Gasteiger partial charge in [0.25, 0.3) is 11.8 Å². The van der Waals surface area contributed by atoms with Crippen molar-refractivity contribution < 1.29 is 9.32 Å². The van der Waals surface area contributed by atoms with E-state index >= 15 is 0 Å². The highest BCUT2D eigenvalue weighted by Crippen LogP contribution is 2.39. The summed E-state index contributed by atoms with van der Waals surface area (Å²) in [5.41, 5.74) is 5.89. The number of aryl methyl sites for hydroxylation is 1. The lowest BCUT2D eigenvalue weighted by Crippen LogP contribution is -2.48. The van der Waals surface area contributed by atoms with E-state index in [4.69, 9.17) is 4.52 Å². The van der Waals surface area contributed by atoms with Crippen molar-refractivity contribution in [2.75, 3.05) is 36.4 Å². The predicted molar refractivity (Wildman–Crippen MR) is 136 cm³/mol. The summed E-state index contributed by atoms with van der Waals surface area (Å²) in [5.74, 6) is 0.894. The van der Waals surface area contributed by atoms with Crippen LogP contribution in [0.25, 0.3) is 11.5 Å². The maximum atomic E-state index is 13.0. The molecule has 3 aromatic carbocycles. The minimum Gasteiger partial charge on any atom is -0.368 e. The molecule has 1 unspecified atom stereocenters. The molecule has 1 saturated heterocycles. The lowest BCUT2D eigenvalue weighted by molar-refractivity contribution is 0.102. The van der Waals surface area contributed by atoms with Crippen LogP contribution >= 0.6 is 0 Å². The molecule has 0 saturated carbocycles. The van der Waals surface area contributed by atoms with Crippen LogP contribution < -0.4 is 10.2 Å². The molecule has 0 bridgehead atoms. The van der Waals surface area contributed by atoms with Gasteiger partial charge < -0.3 is 14.7 Å². The Kier molecular flexibility index (Phi) is 5.47. The normalized spacial score (nSPS) is 17.5. The molecule has 178 valence electrons. The summed E-state index contributed by atoms with van der Waals surface area (Å²) in [6.45, 7) is 4.86. The third-order valence-electron chi connectivity index (χ3n) is 6.92. The quantitative estimate of drug-likeness (QED) is 0.468. The number of hydrogen-bond donors (Lipinski definition) is 1. The molecule has 1 amide bonds. The van der Waals surface area contributed by atoms with E-state index in [-0.39, 0.29) is 11.9 Å². The zero-order valence-corrected chi connectivity index (χ0v) is 19.8. The second-order valence-corrected chi connectivity index (χ2v) is 9.04. The molecule has 8 heteroatoms. The number of nitrogens with zero attached hydrogens (tertiary/aromatic N) is 5. The summed E-state index contributed by atoms with van der Waals surface area (Å²) in [7, 11) is 0. The van der Waals surface area contributed by atoms with Gasteiger partial charge >= 0.3 is 0 Å². The summed E-state index contributed by atoms with van der Waals surface area (Å²) in [6.07, 6.45) is 0. The number of carbonyl (C=O) groups is 1. The van der Waals surface area contributed by atoms with Crippen molar-refractivity contribution in [3.8, 4) is 17.5 Å². The number of carbonyl (C=O) groups excluding carboxylic acids is 1. The molecule has 8 nitrogen and oxygen atoms in total. The number of anilines is 2. The van der Waals surface area contributed by atoms with Crippen LogP contribution in [0, 0.1) is 18.3 Å². The minimum atomic E-state index is -0.0746. The number of rotatable bonds is 3. The van der Waals surface area contributed by atoms with Gasteiger partial charge in [-0.3, -0.25) is 9.69 Å². The number of benzene rings is 3. The van der Waals surface area contributed by atoms with Crippen molar-refractivity contribution >= 4 is 17.3 Å². The number of amides is 1. The second kappa shape index (κ2) is 8.95. The van der Waals surface area contributed by atoms with Crippen LogP contribution in [0.3, 0.4) is 0 Å². The molecule has 0 aliphatic carbocycles. The first-order chi connectivity index (χ1) is 17.6. The summed E-state index contributed by atoms with van der Waals surface area (Å²) in [4.78, 5) is 21.9. The first-order valence-corrected chi connectivity index (χ1v) is 12.0. The monoisotopic (exact) mass is 476 g/mol. The molecule has 1 aromatic heterocycles. The topological polar surface area (TPSA) is 98.3 Å². The van der Waals surface area contributed by atoms with Crippen molar-refractivity contribution in [3.63, 3.8) is 0 Å². The molecular weight excluding hydrogens is 452 g/mol. The molecule has 4 aromatic rings. The summed E-state index contributed by atoms with van der Waals surface area (Å²) >= 11 is 0. The fourth-order valence-corrected chi connectivity index (χ4v) is 5.21. The Balaban J connectivity index is 1.28. The second-order valence-electron chi connectivity index (χ2n) is 9.04. The van der Waals surface area contributed by atoms with Gasteiger partial charge in [-0.2, -0.15) is 10.2 Å². The molecule has 1 N–H and O–H groups in total. The van der Waals surface area contributed by atoms with Crippen LogP contribution in [-0.4, -0.2) is 47.1 Å². The van der Waals surface area contributed by atoms with E-state index < -0.39 is 0 Å². The highest BCUT2D eigenvalue weighted by Gasteiger charge is 2.33. The smallest absolute Gasteiger partial charge is 0.257 e. The van der Waals surface area contributed by atoms with Crippen LogP contribution in [0.1, 0.15) is 38.9 Å². The van der Waals surface area contributed by atoms with Gasteiger partial charge in [-0.1, -0.05) is 41.6 Å². The Morgan fingerprint density at radius 1 is 1.00 bits per heavy atom. The Morgan fingerprint density at radius 2 is 1.75 bits per heavy atom. The molecule has 3 heterocycles. The average Bonchev–Trinajstić information content (AvgIpc) is 3.31. The van der Waals surface area contributed by atoms with Gasteiger partial charge in [-0.25, -0.2) is 0 Å². The minimum absolute atomic E-state index is 0.0305. The molecule has 2 aliphatic rings. The maximum Gasteiger partial charge on any atom is 0.257 e. The maximum absolute atomic E-state index is 13.0. The van der Waals surface area contributed by atoms with Gasteiger partial charge in [0.15, 0.2) is 5.82 Å². The zero-order chi connectivity index (χ0) is 24.6. The fourth-order valence-electron chi connectivity index (χ4n) is 5.21. The standard InChI is InChI=1S/C28H24N6O2/c1-18-30-28(36-32-18)19-10-11-25(20(16-19)17-29)33-12-14-34(15-13-33)26-21-6-2-3-7-22(21)27(35)31-24-9-5-4-8-23(24)26/h2-11,16,26H,12-15H2,1H3,(H,31,35). The van der Waals surface area contributed by atoms with Gasteiger partial charge in [0.1, 0.15) is 6.07 Å². The number of nitrogens with one attached hydrogen (secondary N) is 1. The Morgan fingerprint density at radius 3 is 2.50 bits per heavy atom. The largest absolute Gasteiger partial charge is 0.368 e. The van der Waals surface area contributed by atoms with Crippen LogP contribution in [0.2, 0.25) is 0 Å². The average molecular weight is 477 g/mol. The SMILES string of the molecule is Cc1noc(-c2ccc(N3CCN(C4c5ccccc5NC(=O)c5ccccc54)CC3)c(C#N)c2)n1. The highest BCUT2D eigenvalue weighted by molar-refractivity contribution is 6.07. The molecular formula is C28H24N6O2. The number of fused-ring (bicyclic) bond motifs is 2. The number of piperazine rings is 1. The zero-order valence-electron chi connectivity index (χ0n) is 19.8. The van der Waals surface area contributed by atoms with Crippen LogP contribution in [-0.2, 0) is 0 Å². The fraction of sp³-hybridized carbons (Fsp3) is 0.214. The van der Waals surface area contributed by atoms with E-state index in [9.17, 15) is 10.1 Å². The first kappa shape index (κ1) is 22.0. The first-order valence-electron chi connectivity index (χ1n) is 12.0. The van der Waals surface area contributed by atoms with E-state index in [2.05, 4.69) is 43.5 Å². The molecule has 0 radical (unpaired) electrons. The Bertz CT molecular complexity index is 1500. The molecule has 36 heavy (non-hydrogen) atoms. The molecule has 6 rings (SSSR count). The Hall–Kier alpha value is -4.48. The van der Waals surface area contributed by atoms with Crippen molar-refractivity contribution in [1.82, 2.24) is 15.0 Å². The van der Waals surface area contributed by atoms with Gasteiger partial charge in [0, 0.05) is 43.0 Å². The van der Waals surface area contributed by atoms with Crippen molar-refractivity contribution in [2.24, 2.45) is 0 Å². The summed E-state index contributed by atoms with van der Waals surface area (Å²) in [6, 6.07) is 23.9. The van der Waals surface area contributed by atoms with E-state index in [1.807, 2.05) is 54.6 Å². The number of nitriles is 1. The summed E-state index contributed by atoms with van der Waals surface area (Å²) in [5, 5.41) is 16.8. The van der Waals surface area contributed by atoms with E-state index in [0.29, 0.717) is 22.8 Å². The van der Waals surface area contributed by atoms with E-state index in [1.165, 1.54) is 0 Å². The lowest BCUT2D eigenvalue weighted by atomic mass is 9.93. The van der Waals surface area contributed by atoms with Crippen LogP contribution in [0.15, 0.2) is 71.3 Å². The Labute approximate surface area is 208 Å². The van der Waals surface area contributed by atoms with Crippen LogP contribution in [0.5, 0.6) is 0 Å². The third kappa shape index (κ3) is 3.80. The van der Waals surface area contributed by atoms with Gasteiger partial charge in [-0.15, -0.1) is 0 Å². The van der Waals surface area contributed by atoms with Crippen molar-refractivity contribution in [2.45, 2.75) is 13.0 Å². The van der Waals surface area contributed by atoms with E-state index in [1.54, 1.807) is 6.92 Å². The molecule has 2 aliphatic heterocycles. The number of para-hydroxylation sites is 1. The van der Waals surface area contributed by atoms with Crippen LogP contribution in [0.4, 0.5) is 11.4 Å². The molecule has 1 fully saturated rings. The third-order valence-corrected chi connectivity index (χ3v) is 6.92. The number of aromatic nitrogens is 2. The van der Waals surface area contributed by atoms with Gasteiger partial charge in [0.05, 0.1) is 17.3 Å². The van der Waals surface area contributed by atoms with Crippen molar-refractivity contribution in [1.29, 1.82) is 5.26 Å². The highest BCUT2D eigenvalue weighted by atomic mass is 16.5. The van der Waals surface area contributed by atoms with Gasteiger partial charge in [0.2, 0.25) is 0 Å². The predicted octanol–water partition coefficient (Wildman–Crippen LogP) is 4.39. The van der Waals surface area contributed by atoms with Crippen molar-refractivity contribution in [3.05, 3.63) is 94.8 Å². The van der Waals surface area contributed by atoms with E-state index in [0.717, 1.165) is 54.2 Å². The lowest BCUT2D eigenvalue weighted by Gasteiger charge is -2.41. The number of hydrogen-bond acceptors (Lipinski definition) is 7. The van der Waals surface area contributed by atoms with Gasteiger partial charge in [-0.05, 0) is 48.4 Å².